The van der Waals surface area contributed by atoms with E-state index in [4.69, 9.17) is 4.42 Å². The highest BCUT2D eigenvalue weighted by atomic mass is 79.9. The first kappa shape index (κ1) is 13.2. The average Bonchev–Trinajstić information content (AvgIpc) is 2.78. The van der Waals surface area contributed by atoms with Gasteiger partial charge in [0, 0.05) is 0 Å². The lowest BCUT2D eigenvalue weighted by atomic mass is 9.77. The van der Waals surface area contributed by atoms with Crippen LogP contribution in [-0.4, -0.2) is 7.05 Å². The third-order valence-corrected chi connectivity index (χ3v) is 4.58. The van der Waals surface area contributed by atoms with Gasteiger partial charge in [0.2, 0.25) is 0 Å². The first-order valence-electron chi connectivity index (χ1n) is 6.67. The molecule has 0 aliphatic heterocycles. The van der Waals surface area contributed by atoms with Gasteiger partial charge < -0.3 is 9.73 Å². The Kier molecular flexibility index (Phi) is 4.69. The van der Waals surface area contributed by atoms with Gasteiger partial charge >= 0.3 is 0 Å². The van der Waals surface area contributed by atoms with Gasteiger partial charge in [0.05, 0.1) is 6.04 Å². The molecule has 1 aromatic heterocycles. The zero-order valence-corrected chi connectivity index (χ0v) is 12.3. The van der Waals surface area contributed by atoms with Gasteiger partial charge in [-0.2, -0.15) is 0 Å². The molecule has 0 saturated heterocycles. The van der Waals surface area contributed by atoms with Crippen LogP contribution in [0.25, 0.3) is 0 Å². The van der Waals surface area contributed by atoms with E-state index in [1.807, 2.05) is 13.1 Å². The van der Waals surface area contributed by atoms with Gasteiger partial charge in [-0.05, 0) is 59.8 Å². The highest BCUT2D eigenvalue weighted by Crippen LogP contribution is 2.38. The molecule has 0 amide bonds. The van der Waals surface area contributed by atoms with E-state index in [0.717, 1.165) is 22.3 Å². The van der Waals surface area contributed by atoms with Crippen molar-refractivity contribution in [2.24, 2.45) is 11.8 Å². The summed E-state index contributed by atoms with van der Waals surface area (Å²) in [7, 11) is 2.03. The average molecular weight is 300 g/mol. The molecule has 1 atom stereocenters. The maximum absolute atomic E-state index is 5.70. The van der Waals surface area contributed by atoms with Crippen LogP contribution in [0.15, 0.2) is 21.2 Å². The number of rotatable bonds is 4. The Morgan fingerprint density at radius 2 is 2.06 bits per heavy atom. The fourth-order valence-electron chi connectivity index (χ4n) is 3.04. The van der Waals surface area contributed by atoms with Crippen molar-refractivity contribution in [2.45, 2.75) is 45.1 Å². The van der Waals surface area contributed by atoms with Gasteiger partial charge in [-0.25, -0.2) is 0 Å². The molecule has 1 unspecified atom stereocenters. The smallest absolute Gasteiger partial charge is 0.169 e. The number of halogens is 1. The van der Waals surface area contributed by atoms with Crippen molar-refractivity contribution < 1.29 is 4.42 Å². The maximum atomic E-state index is 5.70. The van der Waals surface area contributed by atoms with Crippen LogP contribution >= 0.6 is 15.9 Å². The summed E-state index contributed by atoms with van der Waals surface area (Å²) in [6.45, 7) is 2.31. The summed E-state index contributed by atoms with van der Waals surface area (Å²) >= 11 is 3.38. The Bertz CT molecular complexity index is 342. The molecule has 0 spiro atoms. The van der Waals surface area contributed by atoms with Crippen molar-refractivity contribution in [2.75, 3.05) is 7.05 Å². The van der Waals surface area contributed by atoms with Gasteiger partial charge in [0.1, 0.15) is 5.76 Å². The Morgan fingerprint density at radius 3 is 2.53 bits per heavy atom. The summed E-state index contributed by atoms with van der Waals surface area (Å²) < 4.78 is 6.53. The van der Waals surface area contributed by atoms with Gasteiger partial charge in [0.15, 0.2) is 4.67 Å². The molecule has 0 aromatic carbocycles. The van der Waals surface area contributed by atoms with Crippen LogP contribution in [0.1, 0.15) is 50.8 Å². The monoisotopic (exact) mass is 299 g/mol. The van der Waals surface area contributed by atoms with E-state index in [1.165, 1.54) is 32.1 Å². The van der Waals surface area contributed by atoms with E-state index >= 15 is 0 Å². The van der Waals surface area contributed by atoms with Crippen molar-refractivity contribution in [3.8, 4) is 0 Å². The Labute approximate surface area is 112 Å². The molecular formula is C14H22BrNO. The minimum atomic E-state index is 0.374. The molecule has 3 heteroatoms. The molecule has 0 radical (unpaired) electrons. The van der Waals surface area contributed by atoms with Crippen molar-refractivity contribution in [3.05, 3.63) is 22.6 Å². The molecule has 1 aromatic rings. The van der Waals surface area contributed by atoms with E-state index in [9.17, 15) is 0 Å². The summed E-state index contributed by atoms with van der Waals surface area (Å²) in [5.41, 5.74) is 0. The highest BCUT2D eigenvalue weighted by molar-refractivity contribution is 9.10. The zero-order chi connectivity index (χ0) is 12.3. The lowest BCUT2D eigenvalue weighted by Crippen LogP contribution is -2.28. The fourth-order valence-corrected chi connectivity index (χ4v) is 3.35. The Hall–Kier alpha value is -0.280. The standard InChI is InChI=1S/C14H22BrNO/c1-3-10-4-6-11(7-5-10)14(16-2)12-8-9-13(15)17-12/h8-11,14,16H,3-7H2,1-2H3. The summed E-state index contributed by atoms with van der Waals surface area (Å²) in [5.74, 6) is 2.74. The van der Waals surface area contributed by atoms with Crippen LogP contribution in [0.4, 0.5) is 0 Å². The summed E-state index contributed by atoms with van der Waals surface area (Å²) in [6.07, 6.45) is 6.73. The molecule has 2 nitrogen and oxygen atoms in total. The lowest BCUT2D eigenvalue weighted by Gasteiger charge is -2.32. The van der Waals surface area contributed by atoms with E-state index < -0.39 is 0 Å². The van der Waals surface area contributed by atoms with Gasteiger partial charge in [-0.1, -0.05) is 26.2 Å². The lowest BCUT2D eigenvalue weighted by molar-refractivity contribution is 0.207. The third-order valence-electron chi connectivity index (χ3n) is 4.15. The third kappa shape index (κ3) is 3.14. The first-order chi connectivity index (χ1) is 8.24. The molecule has 2 rings (SSSR count). The second-order valence-corrected chi connectivity index (χ2v) is 5.88. The number of hydrogen-bond acceptors (Lipinski definition) is 2. The zero-order valence-electron chi connectivity index (χ0n) is 10.7. The fraction of sp³-hybridized carbons (Fsp3) is 0.714. The quantitative estimate of drug-likeness (QED) is 0.884. The van der Waals surface area contributed by atoms with Crippen molar-refractivity contribution in [3.63, 3.8) is 0 Å². The first-order valence-corrected chi connectivity index (χ1v) is 7.46. The number of hydrogen-bond donors (Lipinski definition) is 1. The van der Waals surface area contributed by atoms with Gasteiger partial charge in [-0.15, -0.1) is 0 Å². The molecule has 1 aliphatic rings. The molecule has 1 saturated carbocycles. The minimum Gasteiger partial charge on any atom is -0.453 e. The molecule has 1 N–H and O–H groups in total. The summed E-state index contributed by atoms with van der Waals surface area (Å²) in [5, 5.41) is 3.42. The van der Waals surface area contributed by atoms with Crippen LogP contribution in [-0.2, 0) is 0 Å². The van der Waals surface area contributed by atoms with Crippen LogP contribution in [0.5, 0.6) is 0 Å². The molecule has 0 bridgehead atoms. The SMILES string of the molecule is CCC1CCC(C(NC)c2ccc(Br)o2)CC1. The molecule has 1 aliphatic carbocycles. The molecule has 1 heterocycles. The van der Waals surface area contributed by atoms with E-state index in [-0.39, 0.29) is 0 Å². The second kappa shape index (κ2) is 6.05. The Balaban J connectivity index is 2.00. The maximum Gasteiger partial charge on any atom is 0.169 e. The predicted octanol–water partition coefficient (Wildman–Crippen LogP) is 4.52. The van der Waals surface area contributed by atoms with Crippen molar-refractivity contribution in [1.29, 1.82) is 0 Å². The highest BCUT2D eigenvalue weighted by Gasteiger charge is 2.28. The summed E-state index contributed by atoms with van der Waals surface area (Å²) in [4.78, 5) is 0. The molecule has 1 fully saturated rings. The van der Waals surface area contributed by atoms with Gasteiger partial charge in [0.25, 0.3) is 0 Å². The van der Waals surface area contributed by atoms with E-state index in [1.54, 1.807) is 0 Å². The van der Waals surface area contributed by atoms with Gasteiger partial charge in [-0.3, -0.25) is 0 Å². The number of nitrogens with one attached hydrogen (secondary N) is 1. The normalized spacial score (nSPS) is 27.0. The minimum absolute atomic E-state index is 0.374. The number of furan rings is 1. The van der Waals surface area contributed by atoms with Crippen LogP contribution in [0.3, 0.4) is 0 Å². The molecule has 96 valence electrons. The van der Waals surface area contributed by atoms with E-state index in [2.05, 4.69) is 34.2 Å². The molecule has 17 heavy (non-hydrogen) atoms. The largest absolute Gasteiger partial charge is 0.453 e. The molecular weight excluding hydrogens is 278 g/mol. The Morgan fingerprint density at radius 1 is 1.35 bits per heavy atom. The topological polar surface area (TPSA) is 25.2 Å². The van der Waals surface area contributed by atoms with Crippen molar-refractivity contribution in [1.82, 2.24) is 5.32 Å². The predicted molar refractivity (Wildman–Crippen MR) is 73.9 cm³/mol. The van der Waals surface area contributed by atoms with Crippen LogP contribution in [0, 0.1) is 11.8 Å². The van der Waals surface area contributed by atoms with E-state index in [0.29, 0.717) is 6.04 Å². The van der Waals surface area contributed by atoms with Crippen molar-refractivity contribution >= 4 is 15.9 Å². The van der Waals surface area contributed by atoms with Crippen LogP contribution < -0.4 is 5.32 Å². The summed E-state index contributed by atoms with van der Waals surface area (Å²) in [6, 6.07) is 4.44. The van der Waals surface area contributed by atoms with Crippen LogP contribution in [0.2, 0.25) is 0 Å². The second-order valence-electron chi connectivity index (χ2n) is 5.10.